The third-order valence-corrected chi connectivity index (χ3v) is 2.74. The summed E-state index contributed by atoms with van der Waals surface area (Å²) < 4.78 is 5.50. The molecule has 0 fully saturated rings. The summed E-state index contributed by atoms with van der Waals surface area (Å²) in [6.07, 6.45) is 4.13. The second kappa shape index (κ2) is 2.59. The topological polar surface area (TPSA) is 21.6 Å². The van der Waals surface area contributed by atoms with Crippen molar-refractivity contribution in [1.82, 2.24) is 0 Å². The monoisotopic (exact) mass is 173 g/mol. The average Bonchev–Trinajstić information content (AvgIpc) is 2.65. The number of rotatable bonds is 0. The highest BCUT2D eigenvalue weighted by Gasteiger charge is 2.18. The molecule has 0 radical (unpaired) electrons. The zero-order valence-corrected chi connectivity index (χ0v) is 7.42. The molecule has 2 aliphatic rings. The molecule has 0 saturated carbocycles. The molecule has 2 nitrogen and oxygen atoms in total. The average molecular weight is 173 g/mol. The van der Waals surface area contributed by atoms with Crippen molar-refractivity contribution >= 4 is 6.21 Å². The Bertz CT molecular complexity index is 382. The van der Waals surface area contributed by atoms with Gasteiger partial charge in [-0.05, 0) is 18.1 Å². The van der Waals surface area contributed by atoms with Crippen LogP contribution >= 0.6 is 0 Å². The molecule has 2 heteroatoms. The summed E-state index contributed by atoms with van der Waals surface area (Å²) in [5.41, 5.74) is 4.11. The number of hydrogen-bond donors (Lipinski definition) is 0. The lowest BCUT2D eigenvalue weighted by atomic mass is 9.96. The van der Waals surface area contributed by atoms with Crippen molar-refractivity contribution in [1.29, 1.82) is 0 Å². The first-order chi connectivity index (χ1) is 6.45. The summed E-state index contributed by atoms with van der Waals surface area (Å²) in [4.78, 5) is 4.32. The van der Waals surface area contributed by atoms with E-state index in [0.717, 1.165) is 31.7 Å². The molecular weight excluding hydrogens is 162 g/mol. The first kappa shape index (κ1) is 7.13. The van der Waals surface area contributed by atoms with Crippen molar-refractivity contribution in [3.63, 3.8) is 0 Å². The molecule has 2 aliphatic heterocycles. The second-order valence-electron chi connectivity index (χ2n) is 3.50. The quantitative estimate of drug-likeness (QED) is 0.584. The molecule has 0 aliphatic carbocycles. The molecule has 0 N–H and O–H groups in total. The van der Waals surface area contributed by atoms with E-state index in [1.54, 1.807) is 0 Å². The summed E-state index contributed by atoms with van der Waals surface area (Å²) in [5.74, 6) is 1.06. The van der Waals surface area contributed by atoms with Gasteiger partial charge in [-0.2, -0.15) is 0 Å². The highest BCUT2D eigenvalue weighted by Crippen LogP contribution is 2.30. The number of aliphatic imine (C=N–C) groups is 1. The van der Waals surface area contributed by atoms with Crippen molar-refractivity contribution in [3.8, 4) is 5.75 Å². The minimum Gasteiger partial charge on any atom is -0.493 e. The molecule has 0 spiro atoms. The molecule has 0 bridgehead atoms. The van der Waals surface area contributed by atoms with Gasteiger partial charge in [0.15, 0.2) is 0 Å². The Morgan fingerprint density at radius 3 is 3.23 bits per heavy atom. The molecule has 3 rings (SSSR count). The Morgan fingerprint density at radius 1 is 1.23 bits per heavy atom. The van der Waals surface area contributed by atoms with Crippen LogP contribution < -0.4 is 4.74 Å². The summed E-state index contributed by atoms with van der Waals surface area (Å²) in [7, 11) is 0. The summed E-state index contributed by atoms with van der Waals surface area (Å²) in [6.45, 7) is 1.77. The van der Waals surface area contributed by atoms with Crippen LogP contribution in [0.15, 0.2) is 17.1 Å². The van der Waals surface area contributed by atoms with E-state index in [4.69, 9.17) is 4.74 Å². The van der Waals surface area contributed by atoms with E-state index in [-0.39, 0.29) is 0 Å². The molecular formula is C11H11NO. The zero-order valence-electron chi connectivity index (χ0n) is 7.42. The van der Waals surface area contributed by atoms with Gasteiger partial charge in [0.1, 0.15) is 5.75 Å². The third-order valence-electron chi connectivity index (χ3n) is 2.74. The van der Waals surface area contributed by atoms with Crippen molar-refractivity contribution in [2.24, 2.45) is 4.99 Å². The molecule has 1 aromatic rings. The van der Waals surface area contributed by atoms with Crippen LogP contribution in [0.4, 0.5) is 0 Å². The number of fused-ring (bicyclic) bond motifs is 3. The predicted octanol–water partition coefficient (Wildman–Crippen LogP) is 1.60. The van der Waals surface area contributed by atoms with Crippen molar-refractivity contribution in [2.75, 3.05) is 13.2 Å². The fourth-order valence-corrected chi connectivity index (χ4v) is 2.07. The minimum absolute atomic E-state index is 0.833. The zero-order chi connectivity index (χ0) is 8.67. The minimum atomic E-state index is 0.833. The van der Waals surface area contributed by atoms with Crippen LogP contribution in [0, 0.1) is 0 Å². The van der Waals surface area contributed by atoms with Gasteiger partial charge in [0, 0.05) is 30.3 Å². The standard InChI is InChI=1S/C11H11NO/c1-2-11-9(4-6-13-11)10-7-12-5-3-8(1)10/h1-2,7H,3-6H2. The van der Waals surface area contributed by atoms with Crippen LogP contribution in [0.5, 0.6) is 5.75 Å². The first-order valence-electron chi connectivity index (χ1n) is 4.72. The summed E-state index contributed by atoms with van der Waals surface area (Å²) in [5, 5.41) is 0. The molecule has 13 heavy (non-hydrogen) atoms. The Kier molecular flexibility index (Phi) is 1.42. The highest BCUT2D eigenvalue weighted by atomic mass is 16.5. The van der Waals surface area contributed by atoms with E-state index in [2.05, 4.69) is 17.1 Å². The maximum atomic E-state index is 5.50. The SMILES string of the molecule is C1=NCCc2ccc3c(c21)CCO3. The van der Waals surface area contributed by atoms with Crippen LogP contribution in [0.25, 0.3) is 0 Å². The predicted molar refractivity (Wildman–Crippen MR) is 51.8 cm³/mol. The van der Waals surface area contributed by atoms with Gasteiger partial charge in [-0.1, -0.05) is 6.07 Å². The van der Waals surface area contributed by atoms with E-state index in [1.807, 2.05) is 6.21 Å². The molecule has 1 aromatic carbocycles. The van der Waals surface area contributed by atoms with Gasteiger partial charge < -0.3 is 4.74 Å². The molecule has 0 amide bonds. The van der Waals surface area contributed by atoms with Gasteiger partial charge in [0.2, 0.25) is 0 Å². The molecule has 66 valence electrons. The number of benzene rings is 1. The van der Waals surface area contributed by atoms with Gasteiger partial charge in [0.05, 0.1) is 6.61 Å². The largest absolute Gasteiger partial charge is 0.493 e. The Labute approximate surface area is 77.3 Å². The normalized spacial score (nSPS) is 17.8. The van der Waals surface area contributed by atoms with Crippen molar-refractivity contribution in [3.05, 3.63) is 28.8 Å². The lowest BCUT2D eigenvalue weighted by Gasteiger charge is -2.12. The Morgan fingerprint density at radius 2 is 2.23 bits per heavy atom. The van der Waals surface area contributed by atoms with Gasteiger partial charge in [0.25, 0.3) is 0 Å². The van der Waals surface area contributed by atoms with Gasteiger partial charge >= 0.3 is 0 Å². The Hall–Kier alpha value is -1.31. The number of hydrogen-bond acceptors (Lipinski definition) is 2. The smallest absolute Gasteiger partial charge is 0.123 e. The molecule has 0 unspecified atom stereocenters. The molecule has 0 atom stereocenters. The summed E-state index contributed by atoms with van der Waals surface area (Å²) in [6, 6.07) is 4.27. The van der Waals surface area contributed by atoms with E-state index in [0.29, 0.717) is 0 Å². The van der Waals surface area contributed by atoms with Crippen LogP contribution in [0.3, 0.4) is 0 Å². The molecule has 2 heterocycles. The maximum Gasteiger partial charge on any atom is 0.123 e. The Balaban J connectivity index is 2.24. The van der Waals surface area contributed by atoms with Crippen LogP contribution in [-0.2, 0) is 12.8 Å². The lowest BCUT2D eigenvalue weighted by Crippen LogP contribution is -2.05. The van der Waals surface area contributed by atoms with Gasteiger partial charge in [-0.3, -0.25) is 4.99 Å². The second-order valence-corrected chi connectivity index (χ2v) is 3.50. The van der Waals surface area contributed by atoms with E-state index in [1.165, 1.54) is 16.7 Å². The van der Waals surface area contributed by atoms with Crippen LogP contribution in [0.1, 0.15) is 16.7 Å². The lowest BCUT2D eigenvalue weighted by molar-refractivity contribution is 0.357. The van der Waals surface area contributed by atoms with E-state index in [9.17, 15) is 0 Å². The first-order valence-corrected chi connectivity index (χ1v) is 4.72. The fraction of sp³-hybridized carbons (Fsp3) is 0.364. The van der Waals surface area contributed by atoms with Crippen molar-refractivity contribution in [2.45, 2.75) is 12.8 Å². The molecule has 0 aromatic heterocycles. The van der Waals surface area contributed by atoms with Crippen LogP contribution in [-0.4, -0.2) is 19.4 Å². The third kappa shape index (κ3) is 0.981. The molecule has 0 saturated heterocycles. The van der Waals surface area contributed by atoms with Gasteiger partial charge in [-0.15, -0.1) is 0 Å². The number of ether oxygens (including phenoxy) is 1. The van der Waals surface area contributed by atoms with E-state index < -0.39 is 0 Å². The summed E-state index contributed by atoms with van der Waals surface area (Å²) >= 11 is 0. The van der Waals surface area contributed by atoms with Crippen molar-refractivity contribution < 1.29 is 4.74 Å². The van der Waals surface area contributed by atoms with Crippen LogP contribution in [0.2, 0.25) is 0 Å². The highest BCUT2D eigenvalue weighted by molar-refractivity contribution is 5.86. The number of nitrogens with zero attached hydrogens (tertiary/aromatic N) is 1. The van der Waals surface area contributed by atoms with E-state index >= 15 is 0 Å². The fourth-order valence-electron chi connectivity index (χ4n) is 2.07. The van der Waals surface area contributed by atoms with Gasteiger partial charge in [-0.25, -0.2) is 0 Å². The maximum absolute atomic E-state index is 5.50.